The maximum atomic E-state index is 10.9. The standard InChI is InChI=1S/C13H14N2O/c1-3-10(2)7-15-8-11(9-16)12-5-4-6-14-13(12)15/h4-6,8-9H,2-3,7H2,1H3. The molecular formula is C13H14N2O. The number of hydrogen-bond acceptors (Lipinski definition) is 2. The molecule has 0 spiro atoms. The molecule has 0 radical (unpaired) electrons. The molecule has 0 aliphatic rings. The average molecular weight is 214 g/mol. The number of carbonyl (C=O) groups excluding carboxylic acids is 1. The van der Waals surface area contributed by atoms with E-state index in [-0.39, 0.29) is 0 Å². The van der Waals surface area contributed by atoms with Crippen LogP contribution in [-0.4, -0.2) is 15.8 Å². The highest BCUT2D eigenvalue weighted by molar-refractivity contribution is 5.95. The molecule has 0 fully saturated rings. The Hall–Kier alpha value is -1.90. The first-order valence-corrected chi connectivity index (χ1v) is 5.32. The number of rotatable bonds is 4. The molecule has 0 bridgehead atoms. The van der Waals surface area contributed by atoms with E-state index in [4.69, 9.17) is 0 Å². The molecule has 0 aliphatic heterocycles. The van der Waals surface area contributed by atoms with Crippen LogP contribution in [-0.2, 0) is 6.54 Å². The van der Waals surface area contributed by atoms with Crippen molar-refractivity contribution < 1.29 is 4.79 Å². The van der Waals surface area contributed by atoms with Gasteiger partial charge in [0.15, 0.2) is 6.29 Å². The van der Waals surface area contributed by atoms with Crippen molar-refractivity contribution in [2.24, 2.45) is 0 Å². The van der Waals surface area contributed by atoms with Crippen LogP contribution in [0.25, 0.3) is 11.0 Å². The fourth-order valence-electron chi connectivity index (χ4n) is 1.72. The molecule has 0 saturated heterocycles. The van der Waals surface area contributed by atoms with Crippen molar-refractivity contribution >= 4 is 17.3 Å². The summed E-state index contributed by atoms with van der Waals surface area (Å²) in [5, 5.41) is 0.904. The Labute approximate surface area is 94.4 Å². The molecule has 2 aromatic rings. The zero-order valence-electron chi connectivity index (χ0n) is 9.31. The van der Waals surface area contributed by atoms with Crippen molar-refractivity contribution in [1.82, 2.24) is 9.55 Å². The van der Waals surface area contributed by atoms with E-state index in [0.717, 1.165) is 35.9 Å². The Balaban J connectivity index is 2.53. The van der Waals surface area contributed by atoms with E-state index in [9.17, 15) is 4.79 Å². The second-order valence-corrected chi connectivity index (χ2v) is 3.81. The van der Waals surface area contributed by atoms with Crippen LogP contribution in [0.1, 0.15) is 23.7 Å². The SMILES string of the molecule is C=C(CC)Cn1cc(C=O)c2cccnc21. The number of aldehydes is 1. The van der Waals surface area contributed by atoms with Crippen LogP contribution in [0.5, 0.6) is 0 Å². The van der Waals surface area contributed by atoms with Gasteiger partial charge in [-0.15, -0.1) is 0 Å². The maximum absolute atomic E-state index is 10.9. The Morgan fingerprint density at radius 1 is 1.62 bits per heavy atom. The summed E-state index contributed by atoms with van der Waals surface area (Å²) in [6.45, 7) is 6.77. The average Bonchev–Trinajstić information content (AvgIpc) is 2.68. The monoisotopic (exact) mass is 214 g/mol. The van der Waals surface area contributed by atoms with E-state index in [1.165, 1.54) is 0 Å². The first kappa shape index (κ1) is 10.6. The number of nitrogens with zero attached hydrogens (tertiary/aromatic N) is 2. The van der Waals surface area contributed by atoms with Crippen molar-refractivity contribution in [3.8, 4) is 0 Å². The smallest absolute Gasteiger partial charge is 0.152 e. The van der Waals surface area contributed by atoms with Crippen LogP contribution in [0, 0.1) is 0 Å². The van der Waals surface area contributed by atoms with Gasteiger partial charge in [0, 0.05) is 29.9 Å². The lowest BCUT2D eigenvalue weighted by Crippen LogP contribution is -1.99. The lowest BCUT2D eigenvalue weighted by Gasteiger charge is -2.05. The van der Waals surface area contributed by atoms with Crippen molar-refractivity contribution in [2.45, 2.75) is 19.9 Å². The minimum atomic E-state index is 0.687. The maximum Gasteiger partial charge on any atom is 0.152 e. The van der Waals surface area contributed by atoms with Gasteiger partial charge in [0.25, 0.3) is 0 Å². The molecule has 16 heavy (non-hydrogen) atoms. The molecule has 0 unspecified atom stereocenters. The van der Waals surface area contributed by atoms with E-state index < -0.39 is 0 Å². The van der Waals surface area contributed by atoms with Crippen LogP contribution in [0.3, 0.4) is 0 Å². The van der Waals surface area contributed by atoms with Crippen LogP contribution in [0.4, 0.5) is 0 Å². The Bertz CT molecular complexity index is 540. The molecule has 2 heterocycles. The van der Waals surface area contributed by atoms with E-state index in [2.05, 4.69) is 18.5 Å². The fourth-order valence-corrected chi connectivity index (χ4v) is 1.72. The lowest BCUT2D eigenvalue weighted by molar-refractivity contribution is 0.112. The molecule has 0 atom stereocenters. The first-order valence-electron chi connectivity index (χ1n) is 5.32. The summed E-state index contributed by atoms with van der Waals surface area (Å²) in [7, 11) is 0. The Kier molecular flexibility index (Phi) is 2.86. The summed E-state index contributed by atoms with van der Waals surface area (Å²) in [5.74, 6) is 0. The van der Waals surface area contributed by atoms with E-state index in [0.29, 0.717) is 5.56 Å². The molecule has 0 aromatic carbocycles. The predicted molar refractivity (Wildman–Crippen MR) is 64.6 cm³/mol. The number of hydrogen-bond donors (Lipinski definition) is 0. The molecule has 0 saturated carbocycles. The second kappa shape index (κ2) is 4.31. The largest absolute Gasteiger partial charge is 0.328 e. The number of carbonyl (C=O) groups is 1. The third-order valence-corrected chi connectivity index (χ3v) is 2.69. The molecule has 0 N–H and O–H groups in total. The quantitative estimate of drug-likeness (QED) is 0.579. The minimum Gasteiger partial charge on any atom is -0.328 e. The van der Waals surface area contributed by atoms with Gasteiger partial charge in [-0.2, -0.15) is 0 Å². The van der Waals surface area contributed by atoms with Crippen LogP contribution < -0.4 is 0 Å². The van der Waals surface area contributed by atoms with Gasteiger partial charge in [0.1, 0.15) is 5.65 Å². The Morgan fingerprint density at radius 3 is 3.12 bits per heavy atom. The Morgan fingerprint density at radius 2 is 2.44 bits per heavy atom. The molecule has 82 valence electrons. The molecule has 3 heteroatoms. The number of fused-ring (bicyclic) bond motifs is 1. The predicted octanol–water partition coefficient (Wildman–Crippen LogP) is 2.82. The van der Waals surface area contributed by atoms with Gasteiger partial charge in [0.2, 0.25) is 0 Å². The van der Waals surface area contributed by atoms with Gasteiger partial charge >= 0.3 is 0 Å². The molecule has 0 aliphatic carbocycles. The van der Waals surface area contributed by atoms with Crippen LogP contribution >= 0.6 is 0 Å². The molecule has 3 nitrogen and oxygen atoms in total. The van der Waals surface area contributed by atoms with Gasteiger partial charge in [0.05, 0.1) is 0 Å². The molecular weight excluding hydrogens is 200 g/mol. The summed E-state index contributed by atoms with van der Waals surface area (Å²) in [6, 6.07) is 3.76. The lowest BCUT2D eigenvalue weighted by atomic mass is 10.2. The molecule has 2 aromatic heterocycles. The first-order chi connectivity index (χ1) is 7.76. The van der Waals surface area contributed by atoms with Gasteiger partial charge in [-0.25, -0.2) is 4.98 Å². The fraction of sp³-hybridized carbons (Fsp3) is 0.231. The zero-order valence-corrected chi connectivity index (χ0v) is 9.31. The summed E-state index contributed by atoms with van der Waals surface area (Å²) in [5.41, 5.74) is 2.66. The van der Waals surface area contributed by atoms with Crippen molar-refractivity contribution in [2.75, 3.05) is 0 Å². The van der Waals surface area contributed by atoms with Gasteiger partial charge in [-0.3, -0.25) is 4.79 Å². The summed E-state index contributed by atoms with van der Waals surface area (Å²) in [4.78, 5) is 15.2. The van der Waals surface area contributed by atoms with Crippen molar-refractivity contribution in [1.29, 1.82) is 0 Å². The second-order valence-electron chi connectivity index (χ2n) is 3.81. The molecule has 0 amide bonds. The number of allylic oxidation sites excluding steroid dienone is 1. The highest BCUT2D eigenvalue weighted by Gasteiger charge is 2.08. The minimum absolute atomic E-state index is 0.687. The third kappa shape index (κ3) is 1.76. The summed E-state index contributed by atoms with van der Waals surface area (Å²) < 4.78 is 1.98. The van der Waals surface area contributed by atoms with Crippen LogP contribution in [0.15, 0.2) is 36.7 Å². The highest BCUT2D eigenvalue weighted by Crippen LogP contribution is 2.19. The van der Waals surface area contributed by atoms with Gasteiger partial charge < -0.3 is 4.57 Å². The summed E-state index contributed by atoms with van der Waals surface area (Å²) >= 11 is 0. The number of pyridine rings is 1. The van der Waals surface area contributed by atoms with Crippen molar-refractivity contribution in [3.63, 3.8) is 0 Å². The normalized spacial score (nSPS) is 10.6. The van der Waals surface area contributed by atoms with E-state index in [1.54, 1.807) is 6.20 Å². The topological polar surface area (TPSA) is 34.9 Å². The van der Waals surface area contributed by atoms with Crippen molar-refractivity contribution in [3.05, 3.63) is 42.2 Å². The van der Waals surface area contributed by atoms with Crippen LogP contribution in [0.2, 0.25) is 0 Å². The number of aromatic nitrogens is 2. The molecule has 2 rings (SSSR count). The summed E-state index contributed by atoms with van der Waals surface area (Å²) in [6.07, 6.45) is 5.38. The third-order valence-electron chi connectivity index (χ3n) is 2.69. The highest BCUT2D eigenvalue weighted by atomic mass is 16.1. The van der Waals surface area contributed by atoms with Gasteiger partial charge in [-0.05, 0) is 18.6 Å². The van der Waals surface area contributed by atoms with E-state index in [1.807, 2.05) is 22.9 Å². The van der Waals surface area contributed by atoms with E-state index >= 15 is 0 Å². The van der Waals surface area contributed by atoms with Gasteiger partial charge in [-0.1, -0.05) is 19.1 Å². The zero-order chi connectivity index (χ0) is 11.5.